The van der Waals surface area contributed by atoms with E-state index in [1.807, 2.05) is 13.0 Å². The summed E-state index contributed by atoms with van der Waals surface area (Å²) < 4.78 is 27.2. The highest BCUT2D eigenvalue weighted by Gasteiger charge is 2.18. The summed E-state index contributed by atoms with van der Waals surface area (Å²) in [4.78, 5) is 0.321. The number of halogens is 1. The smallest absolute Gasteiger partial charge is 0.240 e. The molecule has 0 spiro atoms. The number of hydrogen-bond acceptors (Lipinski definition) is 3. The second-order valence-electron chi connectivity index (χ2n) is 4.70. The van der Waals surface area contributed by atoms with Gasteiger partial charge in [-0.3, -0.25) is 0 Å². The first-order chi connectivity index (χ1) is 9.03. The molecule has 1 rings (SSSR count). The molecule has 0 saturated heterocycles. The summed E-state index contributed by atoms with van der Waals surface area (Å²) in [6.07, 6.45) is 3.60. The average molecular weight is 321 g/mol. The standard InChI is InChI=1S/C14H24N2O2S.ClH/c1-3-5-8-13(11-15)16-19(17,18)14-9-6-7-12(4-2)10-14;/h6-7,9-10,13,16H,3-5,8,11,15H2,1-2H3;1H. The molecule has 1 atom stereocenters. The first-order valence-electron chi connectivity index (χ1n) is 6.84. The molecule has 3 N–H and O–H groups in total. The fourth-order valence-corrected chi connectivity index (χ4v) is 3.25. The molecule has 0 radical (unpaired) electrons. The van der Waals surface area contributed by atoms with Gasteiger partial charge in [-0.2, -0.15) is 0 Å². The van der Waals surface area contributed by atoms with Crippen LogP contribution in [-0.4, -0.2) is 21.0 Å². The van der Waals surface area contributed by atoms with E-state index in [0.717, 1.165) is 31.2 Å². The highest BCUT2D eigenvalue weighted by molar-refractivity contribution is 7.89. The molecule has 0 bridgehead atoms. The van der Waals surface area contributed by atoms with E-state index >= 15 is 0 Å². The number of rotatable bonds is 8. The maximum absolute atomic E-state index is 12.3. The molecular weight excluding hydrogens is 296 g/mol. The van der Waals surface area contributed by atoms with Gasteiger partial charge in [0.25, 0.3) is 0 Å². The largest absolute Gasteiger partial charge is 0.329 e. The molecule has 0 fully saturated rings. The molecule has 116 valence electrons. The van der Waals surface area contributed by atoms with Crippen molar-refractivity contribution < 1.29 is 8.42 Å². The third-order valence-corrected chi connectivity index (χ3v) is 4.65. The highest BCUT2D eigenvalue weighted by Crippen LogP contribution is 2.13. The highest BCUT2D eigenvalue weighted by atomic mass is 35.5. The van der Waals surface area contributed by atoms with Gasteiger partial charge in [0.05, 0.1) is 4.90 Å². The van der Waals surface area contributed by atoms with E-state index in [9.17, 15) is 8.42 Å². The summed E-state index contributed by atoms with van der Waals surface area (Å²) in [7, 11) is -3.46. The van der Waals surface area contributed by atoms with Crippen molar-refractivity contribution in [2.45, 2.75) is 50.5 Å². The number of sulfonamides is 1. The summed E-state index contributed by atoms with van der Waals surface area (Å²) in [5, 5.41) is 0. The monoisotopic (exact) mass is 320 g/mol. The number of hydrogen-bond donors (Lipinski definition) is 2. The summed E-state index contributed by atoms with van der Waals surface area (Å²) >= 11 is 0. The van der Waals surface area contributed by atoms with Gasteiger partial charge in [-0.05, 0) is 30.5 Å². The Morgan fingerprint density at radius 2 is 2.00 bits per heavy atom. The third kappa shape index (κ3) is 5.79. The second-order valence-corrected chi connectivity index (χ2v) is 6.41. The number of nitrogens with one attached hydrogen (secondary N) is 1. The third-order valence-electron chi connectivity index (χ3n) is 3.13. The minimum absolute atomic E-state index is 0. The Bertz CT molecular complexity index is 492. The van der Waals surface area contributed by atoms with Crippen molar-refractivity contribution >= 4 is 22.4 Å². The quantitative estimate of drug-likeness (QED) is 0.773. The predicted molar refractivity (Wildman–Crippen MR) is 85.8 cm³/mol. The van der Waals surface area contributed by atoms with Crippen LogP contribution in [0.25, 0.3) is 0 Å². The van der Waals surface area contributed by atoms with Gasteiger partial charge in [0.1, 0.15) is 0 Å². The van der Waals surface area contributed by atoms with Crippen LogP contribution in [0.2, 0.25) is 0 Å². The molecule has 4 nitrogen and oxygen atoms in total. The van der Waals surface area contributed by atoms with Gasteiger partial charge in [0.2, 0.25) is 10.0 Å². The summed E-state index contributed by atoms with van der Waals surface area (Å²) in [5.74, 6) is 0. The van der Waals surface area contributed by atoms with E-state index in [1.165, 1.54) is 0 Å². The Kier molecular flexibility index (Phi) is 9.05. The van der Waals surface area contributed by atoms with E-state index < -0.39 is 10.0 Å². The van der Waals surface area contributed by atoms with E-state index in [0.29, 0.717) is 11.4 Å². The SMILES string of the molecule is CCCCC(CN)NS(=O)(=O)c1cccc(CC)c1.Cl. The fourth-order valence-electron chi connectivity index (χ4n) is 1.90. The molecule has 1 aromatic rings. The normalized spacial score (nSPS) is 12.8. The minimum atomic E-state index is -3.46. The first-order valence-corrected chi connectivity index (χ1v) is 8.33. The number of benzene rings is 1. The van der Waals surface area contributed by atoms with Crippen molar-refractivity contribution in [2.75, 3.05) is 6.54 Å². The van der Waals surface area contributed by atoms with E-state index in [1.54, 1.807) is 18.2 Å². The lowest BCUT2D eigenvalue weighted by molar-refractivity contribution is 0.516. The molecule has 6 heteroatoms. The Balaban J connectivity index is 0.00000361. The van der Waals surface area contributed by atoms with Gasteiger partial charge < -0.3 is 5.73 Å². The lowest BCUT2D eigenvalue weighted by Crippen LogP contribution is -2.40. The maximum atomic E-state index is 12.3. The Morgan fingerprint density at radius 1 is 1.30 bits per heavy atom. The van der Waals surface area contributed by atoms with E-state index in [-0.39, 0.29) is 18.4 Å². The Labute approximate surface area is 128 Å². The number of unbranched alkanes of at least 4 members (excludes halogenated alkanes) is 1. The van der Waals surface area contributed by atoms with Crippen LogP contribution in [0.1, 0.15) is 38.7 Å². The van der Waals surface area contributed by atoms with Crippen molar-refractivity contribution in [1.82, 2.24) is 4.72 Å². The molecule has 0 amide bonds. The number of nitrogens with two attached hydrogens (primary N) is 1. The minimum Gasteiger partial charge on any atom is -0.329 e. The van der Waals surface area contributed by atoms with E-state index in [2.05, 4.69) is 11.6 Å². The van der Waals surface area contributed by atoms with Crippen molar-refractivity contribution in [3.05, 3.63) is 29.8 Å². The van der Waals surface area contributed by atoms with Gasteiger partial charge in [0, 0.05) is 12.6 Å². The van der Waals surface area contributed by atoms with Crippen LogP contribution in [0.15, 0.2) is 29.2 Å². The van der Waals surface area contributed by atoms with Gasteiger partial charge in [-0.25, -0.2) is 13.1 Å². The Hall–Kier alpha value is -0.620. The van der Waals surface area contributed by atoms with Crippen molar-refractivity contribution in [2.24, 2.45) is 5.73 Å². The predicted octanol–water partition coefficient (Wildman–Crippen LogP) is 2.47. The van der Waals surface area contributed by atoms with Crippen LogP contribution in [0.5, 0.6) is 0 Å². The maximum Gasteiger partial charge on any atom is 0.240 e. The number of aryl methyl sites for hydroxylation is 1. The molecule has 1 unspecified atom stereocenters. The molecule has 0 aromatic heterocycles. The van der Waals surface area contributed by atoms with Crippen molar-refractivity contribution in [3.8, 4) is 0 Å². The van der Waals surface area contributed by atoms with Gasteiger partial charge in [-0.15, -0.1) is 12.4 Å². The molecule has 0 aliphatic carbocycles. The van der Waals surface area contributed by atoms with Gasteiger partial charge >= 0.3 is 0 Å². The van der Waals surface area contributed by atoms with Crippen LogP contribution in [0.3, 0.4) is 0 Å². The fraction of sp³-hybridized carbons (Fsp3) is 0.571. The Morgan fingerprint density at radius 3 is 2.55 bits per heavy atom. The summed E-state index contributed by atoms with van der Waals surface area (Å²) in [6.45, 7) is 4.41. The van der Waals surface area contributed by atoms with Crippen molar-refractivity contribution in [1.29, 1.82) is 0 Å². The molecule has 0 heterocycles. The molecule has 0 aliphatic rings. The molecule has 0 saturated carbocycles. The van der Waals surface area contributed by atoms with Gasteiger partial charge in [-0.1, -0.05) is 38.8 Å². The lowest BCUT2D eigenvalue weighted by Gasteiger charge is -2.16. The first kappa shape index (κ1) is 19.4. The zero-order valence-corrected chi connectivity index (χ0v) is 13.8. The van der Waals surface area contributed by atoms with Crippen LogP contribution in [-0.2, 0) is 16.4 Å². The zero-order valence-electron chi connectivity index (χ0n) is 12.1. The molecule has 0 aliphatic heterocycles. The average Bonchev–Trinajstić information content (AvgIpc) is 2.43. The van der Waals surface area contributed by atoms with Crippen LogP contribution in [0, 0.1) is 0 Å². The lowest BCUT2D eigenvalue weighted by atomic mass is 10.1. The van der Waals surface area contributed by atoms with Crippen molar-refractivity contribution in [3.63, 3.8) is 0 Å². The zero-order chi connectivity index (χ0) is 14.3. The summed E-state index contributed by atoms with van der Waals surface area (Å²) in [5.41, 5.74) is 6.64. The van der Waals surface area contributed by atoms with Gasteiger partial charge in [0.15, 0.2) is 0 Å². The topological polar surface area (TPSA) is 72.2 Å². The molecule has 20 heavy (non-hydrogen) atoms. The van der Waals surface area contributed by atoms with Crippen LogP contribution < -0.4 is 10.5 Å². The van der Waals surface area contributed by atoms with Crippen LogP contribution in [0.4, 0.5) is 0 Å². The molecule has 1 aromatic carbocycles. The second kappa shape index (κ2) is 9.34. The van der Waals surface area contributed by atoms with E-state index in [4.69, 9.17) is 5.73 Å². The van der Waals surface area contributed by atoms with Crippen LogP contribution >= 0.6 is 12.4 Å². The summed E-state index contributed by atoms with van der Waals surface area (Å²) in [6, 6.07) is 6.85. The molecular formula is C14H25ClN2O2S.